The number of rotatable bonds is 2. The Labute approximate surface area is 109 Å². The van der Waals surface area contributed by atoms with Crippen molar-refractivity contribution in [2.24, 2.45) is 5.73 Å². The fourth-order valence-corrected chi connectivity index (χ4v) is 2.40. The van der Waals surface area contributed by atoms with Gasteiger partial charge in [-0.2, -0.15) is 0 Å². The molecule has 1 fully saturated rings. The number of aliphatic hydroxyl groups is 1. The molecule has 0 aromatic heterocycles. The molecule has 1 saturated heterocycles. The van der Waals surface area contributed by atoms with E-state index in [1.165, 1.54) is 0 Å². The third-order valence-corrected chi connectivity index (χ3v) is 2.96. The van der Waals surface area contributed by atoms with Gasteiger partial charge in [-0.05, 0) is 47.0 Å². The molecular formula is C13H26N2O3. The van der Waals surface area contributed by atoms with E-state index in [1.54, 1.807) is 11.8 Å². The quantitative estimate of drug-likeness (QED) is 0.786. The van der Waals surface area contributed by atoms with Gasteiger partial charge in [-0.1, -0.05) is 0 Å². The van der Waals surface area contributed by atoms with Gasteiger partial charge >= 0.3 is 6.09 Å². The monoisotopic (exact) mass is 258 g/mol. The van der Waals surface area contributed by atoms with Gasteiger partial charge in [-0.15, -0.1) is 0 Å². The lowest BCUT2D eigenvalue weighted by atomic mass is 9.85. The molecule has 2 unspecified atom stereocenters. The van der Waals surface area contributed by atoms with Crippen LogP contribution in [0.3, 0.4) is 0 Å². The first-order chi connectivity index (χ1) is 8.11. The number of likely N-dealkylation sites (tertiary alicyclic amines) is 1. The smallest absolute Gasteiger partial charge is 0.410 e. The van der Waals surface area contributed by atoms with E-state index in [0.717, 1.165) is 12.8 Å². The average molecular weight is 258 g/mol. The van der Waals surface area contributed by atoms with Crippen LogP contribution in [0.2, 0.25) is 0 Å². The van der Waals surface area contributed by atoms with Gasteiger partial charge in [0.1, 0.15) is 5.60 Å². The van der Waals surface area contributed by atoms with Gasteiger partial charge in [-0.25, -0.2) is 4.79 Å². The highest BCUT2D eigenvalue weighted by atomic mass is 16.6. The average Bonchev–Trinajstić information content (AvgIpc) is 2.12. The van der Waals surface area contributed by atoms with E-state index < -0.39 is 17.2 Å². The number of hydrogen-bond donors (Lipinski definition) is 2. The molecule has 1 aliphatic rings. The largest absolute Gasteiger partial charge is 0.444 e. The lowest BCUT2D eigenvalue weighted by Crippen LogP contribution is -2.57. The zero-order valence-corrected chi connectivity index (χ0v) is 11.9. The van der Waals surface area contributed by atoms with Crippen LogP contribution >= 0.6 is 0 Å². The fourth-order valence-electron chi connectivity index (χ4n) is 2.40. The number of nitrogens with zero attached hydrogens (tertiary/aromatic N) is 1. The Hall–Kier alpha value is -0.810. The molecule has 0 saturated carbocycles. The van der Waals surface area contributed by atoms with E-state index in [1.807, 2.05) is 20.8 Å². The summed E-state index contributed by atoms with van der Waals surface area (Å²) >= 11 is 0. The first-order valence-corrected chi connectivity index (χ1v) is 6.56. The van der Waals surface area contributed by atoms with Crippen molar-refractivity contribution in [3.63, 3.8) is 0 Å². The molecule has 0 spiro atoms. The van der Waals surface area contributed by atoms with Crippen molar-refractivity contribution in [2.45, 2.75) is 64.2 Å². The summed E-state index contributed by atoms with van der Waals surface area (Å²) in [6, 6.07) is 0. The second-order valence-electron chi connectivity index (χ2n) is 6.42. The number of amides is 1. The molecule has 0 aliphatic carbocycles. The van der Waals surface area contributed by atoms with Crippen molar-refractivity contribution in [2.75, 3.05) is 13.1 Å². The van der Waals surface area contributed by atoms with Gasteiger partial charge in [0.15, 0.2) is 0 Å². The first kappa shape index (κ1) is 15.2. The van der Waals surface area contributed by atoms with Crippen LogP contribution in [-0.4, -0.2) is 46.4 Å². The summed E-state index contributed by atoms with van der Waals surface area (Å²) in [4.78, 5) is 13.6. The van der Waals surface area contributed by atoms with Crippen molar-refractivity contribution in [1.29, 1.82) is 0 Å². The van der Waals surface area contributed by atoms with Gasteiger partial charge < -0.3 is 20.5 Å². The van der Waals surface area contributed by atoms with Gasteiger partial charge in [0.2, 0.25) is 0 Å². The summed E-state index contributed by atoms with van der Waals surface area (Å²) in [6.45, 7) is 8.39. The molecule has 5 nitrogen and oxygen atoms in total. The van der Waals surface area contributed by atoms with Crippen LogP contribution in [0.4, 0.5) is 4.79 Å². The van der Waals surface area contributed by atoms with Crippen molar-refractivity contribution in [3.8, 4) is 0 Å². The molecule has 106 valence electrons. The molecule has 0 radical (unpaired) electrons. The summed E-state index contributed by atoms with van der Waals surface area (Å²) < 4.78 is 5.34. The zero-order valence-electron chi connectivity index (χ0n) is 11.9. The highest BCUT2D eigenvalue weighted by Gasteiger charge is 2.36. The Morgan fingerprint density at radius 2 is 2.17 bits per heavy atom. The van der Waals surface area contributed by atoms with E-state index in [4.69, 9.17) is 10.5 Å². The van der Waals surface area contributed by atoms with Gasteiger partial charge in [0.25, 0.3) is 0 Å². The number of hydrogen-bond acceptors (Lipinski definition) is 4. The second-order valence-corrected chi connectivity index (χ2v) is 6.42. The van der Waals surface area contributed by atoms with Gasteiger partial charge in [-0.3, -0.25) is 0 Å². The van der Waals surface area contributed by atoms with Crippen LogP contribution in [0.15, 0.2) is 0 Å². The van der Waals surface area contributed by atoms with Crippen LogP contribution in [-0.2, 0) is 4.74 Å². The number of aliphatic hydroxyl groups excluding tert-OH is 1. The Bertz CT molecular complexity index is 299. The van der Waals surface area contributed by atoms with E-state index in [2.05, 4.69) is 0 Å². The van der Waals surface area contributed by atoms with Crippen molar-refractivity contribution in [1.82, 2.24) is 4.90 Å². The first-order valence-electron chi connectivity index (χ1n) is 6.56. The second kappa shape index (κ2) is 5.45. The van der Waals surface area contributed by atoms with Crippen molar-refractivity contribution >= 4 is 6.09 Å². The van der Waals surface area contributed by atoms with Crippen LogP contribution in [0, 0.1) is 0 Å². The van der Waals surface area contributed by atoms with E-state index in [9.17, 15) is 9.90 Å². The summed E-state index contributed by atoms with van der Waals surface area (Å²) in [6.07, 6.45) is 1.42. The number of piperidine rings is 1. The highest BCUT2D eigenvalue weighted by molar-refractivity contribution is 5.68. The van der Waals surface area contributed by atoms with Crippen LogP contribution in [0.25, 0.3) is 0 Å². The molecule has 1 amide bonds. The molecule has 1 rings (SSSR count). The maximum atomic E-state index is 12.0. The lowest BCUT2D eigenvalue weighted by Gasteiger charge is -2.41. The summed E-state index contributed by atoms with van der Waals surface area (Å²) in [7, 11) is 0. The summed E-state index contributed by atoms with van der Waals surface area (Å²) in [5, 5.41) is 9.47. The van der Waals surface area contributed by atoms with E-state index in [-0.39, 0.29) is 6.09 Å². The van der Waals surface area contributed by atoms with Crippen LogP contribution in [0.1, 0.15) is 47.0 Å². The van der Waals surface area contributed by atoms with Gasteiger partial charge in [0.05, 0.1) is 6.10 Å². The van der Waals surface area contributed by atoms with Crippen LogP contribution < -0.4 is 5.73 Å². The molecule has 0 aromatic carbocycles. The number of carbonyl (C=O) groups is 1. The third-order valence-electron chi connectivity index (χ3n) is 2.96. The Kier molecular flexibility index (Phi) is 4.61. The lowest BCUT2D eigenvalue weighted by molar-refractivity contribution is 0.00960. The molecule has 0 bridgehead atoms. The minimum Gasteiger partial charge on any atom is -0.444 e. The third kappa shape index (κ3) is 4.82. The SMILES string of the molecule is CC(O)CC1(N)CCCN(C(=O)OC(C)(C)C)C1. The predicted octanol–water partition coefficient (Wildman–Crippen LogP) is 1.49. The Morgan fingerprint density at radius 1 is 1.56 bits per heavy atom. The molecule has 3 N–H and O–H groups in total. The van der Waals surface area contributed by atoms with Crippen molar-refractivity contribution in [3.05, 3.63) is 0 Å². The zero-order chi connectivity index (χ0) is 14.0. The Morgan fingerprint density at radius 3 is 2.67 bits per heavy atom. The number of carbonyl (C=O) groups excluding carboxylic acids is 1. The highest BCUT2D eigenvalue weighted by Crippen LogP contribution is 2.24. The summed E-state index contributed by atoms with van der Waals surface area (Å²) in [5.74, 6) is 0. The maximum absolute atomic E-state index is 12.0. The molecule has 1 aliphatic heterocycles. The predicted molar refractivity (Wildman–Crippen MR) is 70.3 cm³/mol. The molecule has 2 atom stereocenters. The number of nitrogens with two attached hydrogens (primary N) is 1. The Balaban J connectivity index is 2.61. The van der Waals surface area contributed by atoms with E-state index >= 15 is 0 Å². The van der Waals surface area contributed by atoms with E-state index in [0.29, 0.717) is 19.5 Å². The molecule has 5 heteroatoms. The fraction of sp³-hybridized carbons (Fsp3) is 0.923. The van der Waals surface area contributed by atoms with Crippen molar-refractivity contribution < 1.29 is 14.6 Å². The van der Waals surface area contributed by atoms with Gasteiger partial charge in [0, 0.05) is 18.6 Å². The normalized spacial score (nSPS) is 26.9. The summed E-state index contributed by atoms with van der Waals surface area (Å²) in [5.41, 5.74) is 5.26. The minimum absolute atomic E-state index is 0.317. The molecule has 18 heavy (non-hydrogen) atoms. The maximum Gasteiger partial charge on any atom is 0.410 e. The molecule has 1 heterocycles. The minimum atomic E-state index is -0.497. The standard InChI is InChI=1S/C13H26N2O3/c1-10(16)8-13(14)6-5-7-15(9-13)11(17)18-12(2,3)4/h10,16H,5-9,14H2,1-4H3. The molecule has 0 aromatic rings. The molecular weight excluding hydrogens is 232 g/mol. The van der Waals surface area contributed by atoms with Crippen LogP contribution in [0.5, 0.6) is 0 Å². The topological polar surface area (TPSA) is 75.8 Å². The number of ether oxygens (including phenoxy) is 1.